The maximum atomic E-state index is 5.96. The fraction of sp³-hybridized carbons (Fsp3) is 0.800. The third-order valence-corrected chi connectivity index (χ3v) is 4.75. The van der Waals surface area contributed by atoms with Crippen LogP contribution in [0.4, 0.5) is 0 Å². The Hall–Kier alpha value is -0.830. The zero-order valence-corrected chi connectivity index (χ0v) is 11.2. The van der Waals surface area contributed by atoms with Gasteiger partial charge in [0.25, 0.3) is 0 Å². The molecule has 2 aliphatic rings. The van der Waals surface area contributed by atoms with Crippen LogP contribution in [0.3, 0.4) is 0 Å². The van der Waals surface area contributed by atoms with Crippen LogP contribution < -0.4 is 5.73 Å². The summed E-state index contributed by atoms with van der Waals surface area (Å²) in [5, 5.41) is 4.79. The van der Waals surface area contributed by atoms with E-state index in [9.17, 15) is 0 Å². The minimum Gasteiger partial charge on any atom is -0.328 e. The van der Waals surface area contributed by atoms with Crippen molar-refractivity contribution in [3.63, 3.8) is 0 Å². The standard InChI is InChI=1S/C15H25N3/c16-13-7-5-12(6-8-13)11-14-9-10-18(17-14)15-3-1-2-4-15/h9-10,12-13,15H,1-8,11,16H2. The highest BCUT2D eigenvalue weighted by Crippen LogP contribution is 2.30. The summed E-state index contributed by atoms with van der Waals surface area (Å²) in [6, 6.07) is 3.36. The molecule has 3 rings (SSSR count). The fourth-order valence-electron chi connectivity index (χ4n) is 3.55. The molecule has 0 radical (unpaired) electrons. The lowest BCUT2D eigenvalue weighted by Gasteiger charge is -2.25. The molecule has 2 fully saturated rings. The normalized spacial score (nSPS) is 29.8. The second-order valence-corrected chi connectivity index (χ2v) is 6.21. The van der Waals surface area contributed by atoms with Gasteiger partial charge in [0.15, 0.2) is 0 Å². The predicted octanol–water partition coefficient (Wildman–Crippen LogP) is 3.06. The van der Waals surface area contributed by atoms with Crippen molar-refractivity contribution in [1.29, 1.82) is 0 Å². The van der Waals surface area contributed by atoms with Crippen LogP contribution in [0.2, 0.25) is 0 Å². The number of nitrogens with two attached hydrogens (primary N) is 1. The van der Waals surface area contributed by atoms with Gasteiger partial charge >= 0.3 is 0 Å². The molecular formula is C15H25N3. The van der Waals surface area contributed by atoms with Crippen molar-refractivity contribution in [2.24, 2.45) is 11.7 Å². The molecule has 0 unspecified atom stereocenters. The number of nitrogens with zero attached hydrogens (tertiary/aromatic N) is 2. The molecule has 2 saturated carbocycles. The van der Waals surface area contributed by atoms with Crippen LogP contribution in [0.25, 0.3) is 0 Å². The van der Waals surface area contributed by atoms with Crippen molar-refractivity contribution >= 4 is 0 Å². The lowest BCUT2D eigenvalue weighted by Crippen LogP contribution is -2.27. The second-order valence-electron chi connectivity index (χ2n) is 6.21. The average molecular weight is 247 g/mol. The predicted molar refractivity (Wildman–Crippen MR) is 73.4 cm³/mol. The van der Waals surface area contributed by atoms with Crippen LogP contribution in [0.5, 0.6) is 0 Å². The smallest absolute Gasteiger partial charge is 0.0627 e. The van der Waals surface area contributed by atoms with Crippen LogP contribution >= 0.6 is 0 Å². The molecule has 3 nitrogen and oxygen atoms in total. The highest BCUT2D eigenvalue weighted by atomic mass is 15.3. The van der Waals surface area contributed by atoms with Gasteiger partial charge in [0, 0.05) is 12.2 Å². The topological polar surface area (TPSA) is 43.8 Å². The van der Waals surface area contributed by atoms with Gasteiger partial charge < -0.3 is 5.73 Å². The minimum absolute atomic E-state index is 0.456. The van der Waals surface area contributed by atoms with E-state index in [0.717, 1.165) is 12.3 Å². The van der Waals surface area contributed by atoms with Gasteiger partial charge in [-0.3, -0.25) is 4.68 Å². The van der Waals surface area contributed by atoms with E-state index in [1.807, 2.05) is 0 Å². The molecule has 1 aromatic rings. The van der Waals surface area contributed by atoms with Crippen LogP contribution in [0, 0.1) is 5.92 Å². The third-order valence-electron chi connectivity index (χ3n) is 4.75. The highest BCUT2D eigenvalue weighted by molar-refractivity contribution is 5.02. The third kappa shape index (κ3) is 2.77. The number of hydrogen-bond acceptors (Lipinski definition) is 2. The Morgan fingerprint density at radius 1 is 1.11 bits per heavy atom. The molecule has 0 spiro atoms. The molecule has 2 aliphatic carbocycles. The lowest BCUT2D eigenvalue weighted by atomic mass is 9.84. The molecule has 3 heteroatoms. The van der Waals surface area contributed by atoms with E-state index in [0.29, 0.717) is 12.1 Å². The summed E-state index contributed by atoms with van der Waals surface area (Å²) in [4.78, 5) is 0. The zero-order valence-electron chi connectivity index (χ0n) is 11.2. The first-order valence-corrected chi connectivity index (χ1v) is 7.61. The molecule has 0 bridgehead atoms. The molecule has 0 aliphatic heterocycles. The van der Waals surface area contributed by atoms with Gasteiger partial charge in [0.2, 0.25) is 0 Å². The van der Waals surface area contributed by atoms with Gasteiger partial charge in [-0.1, -0.05) is 12.8 Å². The SMILES string of the molecule is NC1CCC(Cc2ccn(C3CCCC3)n2)CC1. The van der Waals surface area contributed by atoms with Crippen LogP contribution in [-0.2, 0) is 6.42 Å². The Balaban J connectivity index is 1.56. The molecule has 0 aromatic carbocycles. The molecular weight excluding hydrogens is 222 g/mol. The Morgan fingerprint density at radius 3 is 2.56 bits per heavy atom. The van der Waals surface area contributed by atoms with Gasteiger partial charge in [-0.15, -0.1) is 0 Å². The summed E-state index contributed by atoms with van der Waals surface area (Å²) in [7, 11) is 0. The first kappa shape index (κ1) is 12.2. The summed E-state index contributed by atoms with van der Waals surface area (Å²) in [6.45, 7) is 0. The summed E-state index contributed by atoms with van der Waals surface area (Å²) in [5.41, 5.74) is 7.25. The minimum atomic E-state index is 0.456. The van der Waals surface area contributed by atoms with E-state index in [4.69, 9.17) is 10.8 Å². The highest BCUT2D eigenvalue weighted by Gasteiger charge is 2.21. The Bertz CT molecular complexity index is 371. The monoisotopic (exact) mass is 247 g/mol. The van der Waals surface area contributed by atoms with E-state index in [-0.39, 0.29) is 0 Å². The molecule has 100 valence electrons. The van der Waals surface area contributed by atoms with E-state index >= 15 is 0 Å². The number of aromatic nitrogens is 2. The van der Waals surface area contributed by atoms with Gasteiger partial charge in [-0.05, 0) is 56.9 Å². The molecule has 0 atom stereocenters. The van der Waals surface area contributed by atoms with Crippen molar-refractivity contribution in [3.05, 3.63) is 18.0 Å². The van der Waals surface area contributed by atoms with Gasteiger partial charge in [-0.2, -0.15) is 5.10 Å². The summed E-state index contributed by atoms with van der Waals surface area (Å²) < 4.78 is 2.22. The van der Waals surface area contributed by atoms with Crippen LogP contribution in [0.15, 0.2) is 12.3 Å². The average Bonchev–Trinajstić information content (AvgIpc) is 3.02. The molecule has 1 heterocycles. The van der Waals surface area contributed by atoms with Gasteiger partial charge in [0.1, 0.15) is 0 Å². The molecule has 0 amide bonds. The van der Waals surface area contributed by atoms with Gasteiger partial charge in [-0.25, -0.2) is 0 Å². The Morgan fingerprint density at radius 2 is 1.83 bits per heavy atom. The van der Waals surface area contributed by atoms with Crippen molar-refractivity contribution < 1.29 is 0 Å². The second kappa shape index (κ2) is 5.43. The molecule has 0 saturated heterocycles. The van der Waals surface area contributed by atoms with Gasteiger partial charge in [0.05, 0.1) is 11.7 Å². The first-order chi connectivity index (χ1) is 8.81. The van der Waals surface area contributed by atoms with Crippen LogP contribution in [0.1, 0.15) is 63.1 Å². The Kier molecular flexibility index (Phi) is 3.69. The quantitative estimate of drug-likeness (QED) is 0.892. The van der Waals surface area contributed by atoms with E-state index < -0.39 is 0 Å². The molecule has 2 N–H and O–H groups in total. The molecule has 18 heavy (non-hydrogen) atoms. The summed E-state index contributed by atoms with van der Waals surface area (Å²) >= 11 is 0. The van der Waals surface area contributed by atoms with Crippen molar-refractivity contribution in [2.75, 3.05) is 0 Å². The summed E-state index contributed by atoms with van der Waals surface area (Å²) in [6.07, 6.45) is 13.7. The number of rotatable bonds is 3. The largest absolute Gasteiger partial charge is 0.328 e. The van der Waals surface area contributed by atoms with E-state index in [1.165, 1.54) is 57.1 Å². The maximum Gasteiger partial charge on any atom is 0.0627 e. The van der Waals surface area contributed by atoms with Crippen molar-refractivity contribution in [3.8, 4) is 0 Å². The number of hydrogen-bond donors (Lipinski definition) is 1. The van der Waals surface area contributed by atoms with E-state index in [1.54, 1.807) is 0 Å². The fourth-order valence-corrected chi connectivity index (χ4v) is 3.55. The van der Waals surface area contributed by atoms with Crippen molar-refractivity contribution in [1.82, 2.24) is 9.78 Å². The molecule has 1 aromatic heterocycles. The maximum absolute atomic E-state index is 5.96. The van der Waals surface area contributed by atoms with Crippen LogP contribution in [-0.4, -0.2) is 15.8 Å². The Labute approximate surface area is 110 Å². The van der Waals surface area contributed by atoms with E-state index in [2.05, 4.69) is 16.9 Å². The lowest BCUT2D eigenvalue weighted by molar-refractivity contribution is 0.321. The van der Waals surface area contributed by atoms with Crippen molar-refractivity contribution in [2.45, 2.75) is 69.9 Å². The summed E-state index contributed by atoms with van der Waals surface area (Å²) in [5.74, 6) is 0.816. The zero-order chi connectivity index (χ0) is 12.4. The first-order valence-electron chi connectivity index (χ1n) is 7.61.